The highest BCUT2D eigenvalue weighted by molar-refractivity contribution is 5.95. The van der Waals surface area contributed by atoms with Crippen molar-refractivity contribution >= 4 is 22.8 Å². The SMILES string of the molecule is COC(=O)C(Cc1c[nH]c2ccccc12)NC(=O)c1cc(C)n(C)n1. The van der Waals surface area contributed by atoms with E-state index in [4.69, 9.17) is 4.74 Å². The number of carbonyl (C=O) groups is 2. The highest BCUT2D eigenvalue weighted by Gasteiger charge is 2.25. The number of aryl methyl sites for hydroxylation is 2. The predicted molar refractivity (Wildman–Crippen MR) is 93.2 cm³/mol. The van der Waals surface area contributed by atoms with Crippen LogP contribution in [0, 0.1) is 6.92 Å². The molecule has 0 aliphatic rings. The van der Waals surface area contributed by atoms with Crippen LogP contribution in [-0.4, -0.2) is 39.8 Å². The summed E-state index contributed by atoms with van der Waals surface area (Å²) < 4.78 is 6.46. The number of nitrogens with zero attached hydrogens (tertiary/aromatic N) is 2. The molecule has 1 amide bonds. The molecule has 2 N–H and O–H groups in total. The van der Waals surface area contributed by atoms with Gasteiger partial charge < -0.3 is 15.0 Å². The third-order valence-electron chi connectivity index (χ3n) is 4.24. The molecule has 130 valence electrons. The molecular formula is C18H20N4O3. The number of hydrogen-bond acceptors (Lipinski definition) is 4. The predicted octanol–water partition coefficient (Wildman–Crippen LogP) is 1.72. The lowest BCUT2D eigenvalue weighted by Crippen LogP contribution is -2.43. The molecule has 1 aromatic carbocycles. The van der Waals surface area contributed by atoms with E-state index in [1.165, 1.54) is 7.11 Å². The first-order valence-electron chi connectivity index (χ1n) is 7.94. The Labute approximate surface area is 145 Å². The van der Waals surface area contributed by atoms with Crippen LogP contribution in [0.25, 0.3) is 10.9 Å². The third-order valence-corrected chi connectivity index (χ3v) is 4.24. The Morgan fingerprint density at radius 1 is 1.36 bits per heavy atom. The quantitative estimate of drug-likeness (QED) is 0.692. The highest BCUT2D eigenvalue weighted by atomic mass is 16.5. The van der Waals surface area contributed by atoms with Crippen molar-refractivity contribution in [1.29, 1.82) is 0 Å². The van der Waals surface area contributed by atoms with Gasteiger partial charge in [-0.15, -0.1) is 0 Å². The molecule has 2 aromatic heterocycles. The molecule has 0 fully saturated rings. The van der Waals surface area contributed by atoms with Crippen molar-refractivity contribution in [3.63, 3.8) is 0 Å². The molecule has 7 heteroatoms. The van der Waals surface area contributed by atoms with E-state index >= 15 is 0 Å². The van der Waals surface area contributed by atoms with E-state index in [-0.39, 0.29) is 5.69 Å². The van der Waals surface area contributed by atoms with E-state index in [1.54, 1.807) is 17.8 Å². The fraction of sp³-hybridized carbons (Fsp3) is 0.278. The van der Waals surface area contributed by atoms with Gasteiger partial charge in [0.2, 0.25) is 0 Å². The van der Waals surface area contributed by atoms with Crippen LogP contribution in [0.5, 0.6) is 0 Å². The molecule has 7 nitrogen and oxygen atoms in total. The molecule has 2 heterocycles. The van der Waals surface area contributed by atoms with Crippen molar-refractivity contribution in [2.75, 3.05) is 7.11 Å². The zero-order valence-electron chi connectivity index (χ0n) is 14.4. The molecule has 0 aliphatic heterocycles. The van der Waals surface area contributed by atoms with E-state index in [9.17, 15) is 9.59 Å². The van der Waals surface area contributed by atoms with E-state index in [1.807, 2.05) is 37.4 Å². The van der Waals surface area contributed by atoms with Gasteiger partial charge in [0, 0.05) is 36.3 Å². The van der Waals surface area contributed by atoms with Gasteiger partial charge in [0.1, 0.15) is 11.7 Å². The number of hydrogen-bond donors (Lipinski definition) is 2. The van der Waals surface area contributed by atoms with Gasteiger partial charge in [0.05, 0.1) is 7.11 Å². The molecule has 1 unspecified atom stereocenters. The number of benzene rings is 1. The number of carbonyl (C=O) groups excluding carboxylic acids is 2. The minimum Gasteiger partial charge on any atom is -0.467 e. The minimum absolute atomic E-state index is 0.271. The monoisotopic (exact) mass is 340 g/mol. The van der Waals surface area contributed by atoms with Crippen molar-refractivity contribution in [2.45, 2.75) is 19.4 Å². The van der Waals surface area contributed by atoms with Gasteiger partial charge in [-0.1, -0.05) is 18.2 Å². The lowest BCUT2D eigenvalue weighted by molar-refractivity contribution is -0.142. The summed E-state index contributed by atoms with van der Waals surface area (Å²) in [7, 11) is 3.07. The summed E-state index contributed by atoms with van der Waals surface area (Å²) in [5.74, 6) is -0.898. The number of ether oxygens (including phenoxy) is 1. The number of H-pyrrole nitrogens is 1. The molecule has 0 saturated heterocycles. The van der Waals surface area contributed by atoms with Crippen molar-refractivity contribution < 1.29 is 14.3 Å². The lowest BCUT2D eigenvalue weighted by Gasteiger charge is -2.15. The zero-order chi connectivity index (χ0) is 18.0. The second-order valence-corrected chi connectivity index (χ2v) is 5.91. The number of aromatic nitrogens is 3. The lowest BCUT2D eigenvalue weighted by atomic mass is 10.0. The summed E-state index contributed by atoms with van der Waals surface area (Å²) in [6.45, 7) is 1.85. The number of methoxy groups -OCH3 is 1. The smallest absolute Gasteiger partial charge is 0.328 e. The van der Waals surface area contributed by atoms with Gasteiger partial charge in [-0.3, -0.25) is 9.48 Å². The Kier molecular flexibility index (Phi) is 4.56. The van der Waals surface area contributed by atoms with Crippen LogP contribution in [0.3, 0.4) is 0 Å². The molecule has 3 rings (SSSR count). The fourth-order valence-corrected chi connectivity index (χ4v) is 2.76. The van der Waals surface area contributed by atoms with Gasteiger partial charge in [0.25, 0.3) is 5.91 Å². The second kappa shape index (κ2) is 6.80. The van der Waals surface area contributed by atoms with Crippen LogP contribution < -0.4 is 5.32 Å². The standard InChI is InChI=1S/C18H20N4O3/c1-11-8-15(21-22(11)2)17(23)20-16(18(24)25-3)9-12-10-19-14-7-5-4-6-13(12)14/h4-8,10,16,19H,9H2,1-3H3,(H,20,23). The largest absolute Gasteiger partial charge is 0.467 e. The van der Waals surface area contributed by atoms with Crippen LogP contribution in [0.2, 0.25) is 0 Å². The Morgan fingerprint density at radius 3 is 2.80 bits per heavy atom. The maximum absolute atomic E-state index is 12.4. The summed E-state index contributed by atoms with van der Waals surface area (Å²) in [4.78, 5) is 27.7. The van der Waals surface area contributed by atoms with Gasteiger partial charge in [-0.05, 0) is 24.6 Å². The number of nitrogens with one attached hydrogen (secondary N) is 2. The number of rotatable bonds is 5. The molecule has 3 aromatic rings. The Bertz CT molecular complexity index is 906. The van der Waals surface area contributed by atoms with Crippen molar-refractivity contribution in [1.82, 2.24) is 20.1 Å². The number of para-hydroxylation sites is 1. The number of fused-ring (bicyclic) bond motifs is 1. The van der Waals surface area contributed by atoms with Crippen molar-refractivity contribution in [3.8, 4) is 0 Å². The summed E-state index contributed by atoms with van der Waals surface area (Å²) in [6.07, 6.45) is 2.17. The Balaban J connectivity index is 1.82. The fourth-order valence-electron chi connectivity index (χ4n) is 2.76. The number of amides is 1. The van der Waals surface area contributed by atoms with E-state index < -0.39 is 17.9 Å². The number of aromatic amines is 1. The second-order valence-electron chi connectivity index (χ2n) is 5.91. The third kappa shape index (κ3) is 3.40. The maximum Gasteiger partial charge on any atom is 0.328 e. The molecule has 0 bridgehead atoms. The first-order valence-corrected chi connectivity index (χ1v) is 7.94. The topological polar surface area (TPSA) is 89.0 Å². The molecule has 0 radical (unpaired) electrons. The summed E-state index contributed by atoms with van der Waals surface area (Å²) in [5, 5.41) is 7.88. The van der Waals surface area contributed by atoms with E-state index in [0.29, 0.717) is 6.42 Å². The van der Waals surface area contributed by atoms with Crippen molar-refractivity contribution in [3.05, 3.63) is 53.5 Å². The molecule has 0 aliphatic carbocycles. The Hall–Kier alpha value is -3.09. The molecule has 25 heavy (non-hydrogen) atoms. The van der Waals surface area contributed by atoms with Crippen LogP contribution in [-0.2, 0) is 23.0 Å². The first kappa shape index (κ1) is 16.8. The van der Waals surface area contributed by atoms with Crippen molar-refractivity contribution in [2.24, 2.45) is 7.05 Å². The van der Waals surface area contributed by atoms with Crippen LogP contribution >= 0.6 is 0 Å². The van der Waals surface area contributed by atoms with Gasteiger partial charge in [0.15, 0.2) is 0 Å². The first-order chi connectivity index (χ1) is 12.0. The summed E-state index contributed by atoms with van der Waals surface area (Å²) >= 11 is 0. The summed E-state index contributed by atoms with van der Waals surface area (Å²) in [5.41, 5.74) is 3.04. The van der Waals surface area contributed by atoms with Gasteiger partial charge in [-0.25, -0.2) is 4.79 Å². The Morgan fingerprint density at radius 2 is 2.12 bits per heavy atom. The average molecular weight is 340 g/mol. The maximum atomic E-state index is 12.4. The highest BCUT2D eigenvalue weighted by Crippen LogP contribution is 2.19. The van der Waals surface area contributed by atoms with Crippen LogP contribution in [0.4, 0.5) is 0 Å². The summed E-state index contributed by atoms with van der Waals surface area (Å²) in [6, 6.07) is 8.68. The van der Waals surface area contributed by atoms with Gasteiger partial charge in [-0.2, -0.15) is 5.10 Å². The molecule has 0 saturated carbocycles. The van der Waals surface area contributed by atoms with Crippen LogP contribution in [0.15, 0.2) is 36.5 Å². The minimum atomic E-state index is -0.793. The molecular weight excluding hydrogens is 320 g/mol. The zero-order valence-corrected chi connectivity index (χ0v) is 14.4. The van der Waals surface area contributed by atoms with E-state index in [2.05, 4.69) is 15.4 Å². The van der Waals surface area contributed by atoms with E-state index in [0.717, 1.165) is 22.2 Å². The van der Waals surface area contributed by atoms with Crippen LogP contribution in [0.1, 0.15) is 21.7 Å². The average Bonchev–Trinajstić information content (AvgIpc) is 3.17. The number of esters is 1. The van der Waals surface area contributed by atoms with Gasteiger partial charge >= 0.3 is 5.97 Å². The molecule has 0 spiro atoms. The normalized spacial score (nSPS) is 12.1. The molecule has 1 atom stereocenters.